The van der Waals surface area contributed by atoms with E-state index in [-0.39, 0.29) is 18.0 Å². The first-order valence-electron chi connectivity index (χ1n) is 8.80. The Morgan fingerprint density at radius 3 is 2.70 bits per heavy atom. The highest BCUT2D eigenvalue weighted by molar-refractivity contribution is 6.31. The summed E-state index contributed by atoms with van der Waals surface area (Å²) in [4.78, 5) is 22.1. The molecule has 1 aromatic heterocycles. The van der Waals surface area contributed by atoms with E-state index < -0.39 is 0 Å². The molecular formula is C20H22Cl2N4O. The minimum absolute atomic E-state index is 0. The summed E-state index contributed by atoms with van der Waals surface area (Å²) in [6, 6.07) is 15.7. The Kier molecular flexibility index (Phi) is 6.17. The molecule has 0 radical (unpaired) electrons. The van der Waals surface area contributed by atoms with Gasteiger partial charge in [-0.15, -0.1) is 12.4 Å². The maximum Gasteiger partial charge on any atom is 0.258 e. The zero-order valence-electron chi connectivity index (χ0n) is 14.8. The lowest BCUT2D eigenvalue weighted by Crippen LogP contribution is -2.25. The minimum Gasteiger partial charge on any atom is -0.330 e. The van der Waals surface area contributed by atoms with Gasteiger partial charge >= 0.3 is 0 Å². The average Bonchev–Trinajstić information content (AvgIpc) is 3.06. The van der Waals surface area contributed by atoms with Gasteiger partial charge in [-0.3, -0.25) is 9.69 Å². The summed E-state index contributed by atoms with van der Waals surface area (Å²) in [6.07, 6.45) is 0. The highest BCUT2D eigenvalue weighted by Crippen LogP contribution is 2.32. The van der Waals surface area contributed by atoms with Gasteiger partial charge in [-0.2, -0.15) is 0 Å². The highest BCUT2D eigenvalue weighted by atomic mass is 35.5. The van der Waals surface area contributed by atoms with Gasteiger partial charge in [-0.05, 0) is 36.2 Å². The van der Waals surface area contributed by atoms with E-state index >= 15 is 0 Å². The Balaban J connectivity index is 0.00000210. The molecule has 4 rings (SSSR count). The van der Waals surface area contributed by atoms with Crippen molar-refractivity contribution >= 4 is 34.9 Å². The standard InChI is InChI=1S/C20H21ClN4O.ClH/c21-15-6-7-18-16(8-15)20(26)24-19(23-18)12-25-10-14(9-22)17(11-25)13-4-2-1-3-5-13;/h1-8,14,17H,9-12,22H2,(H,23,24,26);1H/t14-,17+;/m1./s1. The van der Waals surface area contributed by atoms with Gasteiger partial charge in [0.1, 0.15) is 5.82 Å². The van der Waals surface area contributed by atoms with Gasteiger partial charge in [0.05, 0.1) is 17.4 Å². The Morgan fingerprint density at radius 2 is 1.96 bits per heavy atom. The molecular weight excluding hydrogens is 383 g/mol. The Bertz CT molecular complexity index is 977. The van der Waals surface area contributed by atoms with Crippen molar-refractivity contribution in [2.45, 2.75) is 12.5 Å². The van der Waals surface area contributed by atoms with Gasteiger partial charge in [0.25, 0.3) is 5.56 Å². The molecule has 0 saturated carbocycles. The van der Waals surface area contributed by atoms with E-state index in [4.69, 9.17) is 17.3 Å². The number of hydrogen-bond acceptors (Lipinski definition) is 4. The number of aromatic nitrogens is 2. The first kappa shape index (κ1) is 19.8. The van der Waals surface area contributed by atoms with Crippen molar-refractivity contribution in [2.75, 3.05) is 19.6 Å². The van der Waals surface area contributed by atoms with Crippen LogP contribution in [0.1, 0.15) is 17.3 Å². The summed E-state index contributed by atoms with van der Waals surface area (Å²) in [5.41, 5.74) is 7.85. The summed E-state index contributed by atoms with van der Waals surface area (Å²) >= 11 is 5.97. The predicted molar refractivity (Wildman–Crippen MR) is 112 cm³/mol. The van der Waals surface area contributed by atoms with Crippen molar-refractivity contribution in [3.8, 4) is 0 Å². The molecule has 1 fully saturated rings. The van der Waals surface area contributed by atoms with Gasteiger partial charge in [-0.25, -0.2) is 4.98 Å². The van der Waals surface area contributed by atoms with Gasteiger partial charge in [-0.1, -0.05) is 41.9 Å². The maximum absolute atomic E-state index is 12.3. The van der Waals surface area contributed by atoms with Gasteiger partial charge in [0.2, 0.25) is 0 Å². The molecule has 0 unspecified atom stereocenters. The molecule has 0 bridgehead atoms. The largest absolute Gasteiger partial charge is 0.330 e. The number of hydrogen-bond donors (Lipinski definition) is 2. The normalized spacial score (nSPS) is 19.9. The Hall–Kier alpha value is -1.92. The first-order valence-corrected chi connectivity index (χ1v) is 9.17. The van der Waals surface area contributed by atoms with E-state index in [9.17, 15) is 4.79 Å². The van der Waals surface area contributed by atoms with Crippen LogP contribution in [0.4, 0.5) is 0 Å². The van der Waals surface area contributed by atoms with E-state index in [2.05, 4.69) is 39.1 Å². The molecule has 3 N–H and O–H groups in total. The third-order valence-electron chi connectivity index (χ3n) is 5.14. The van der Waals surface area contributed by atoms with Crippen molar-refractivity contribution in [3.05, 3.63) is 75.3 Å². The Labute approximate surface area is 169 Å². The number of H-pyrrole nitrogens is 1. The molecule has 7 heteroatoms. The molecule has 1 saturated heterocycles. The van der Waals surface area contributed by atoms with Crippen LogP contribution in [-0.4, -0.2) is 34.5 Å². The van der Waals surface area contributed by atoms with Crippen LogP contribution in [0.2, 0.25) is 5.02 Å². The Morgan fingerprint density at radius 1 is 1.19 bits per heavy atom. The van der Waals surface area contributed by atoms with E-state index in [1.54, 1.807) is 18.2 Å². The van der Waals surface area contributed by atoms with Crippen LogP contribution in [-0.2, 0) is 6.54 Å². The van der Waals surface area contributed by atoms with Crippen LogP contribution in [0.15, 0.2) is 53.3 Å². The molecule has 1 aliphatic heterocycles. The van der Waals surface area contributed by atoms with Gasteiger partial charge < -0.3 is 10.7 Å². The van der Waals surface area contributed by atoms with E-state index in [0.29, 0.717) is 46.7 Å². The zero-order valence-corrected chi connectivity index (χ0v) is 16.3. The van der Waals surface area contributed by atoms with E-state index in [0.717, 1.165) is 13.1 Å². The van der Waals surface area contributed by atoms with Crippen LogP contribution < -0.4 is 11.3 Å². The number of nitrogens with zero attached hydrogens (tertiary/aromatic N) is 2. The van der Waals surface area contributed by atoms with Crippen LogP contribution in [0, 0.1) is 5.92 Å². The maximum atomic E-state index is 12.3. The lowest BCUT2D eigenvalue weighted by Gasteiger charge is -2.16. The molecule has 2 aromatic carbocycles. The second-order valence-corrected chi connectivity index (χ2v) is 7.32. The number of halogens is 2. The molecule has 27 heavy (non-hydrogen) atoms. The van der Waals surface area contributed by atoms with Crippen LogP contribution in [0.5, 0.6) is 0 Å². The molecule has 0 spiro atoms. The van der Waals surface area contributed by atoms with E-state index in [1.807, 2.05) is 6.07 Å². The zero-order chi connectivity index (χ0) is 18.1. The van der Waals surface area contributed by atoms with Crippen molar-refractivity contribution in [2.24, 2.45) is 11.7 Å². The average molecular weight is 405 g/mol. The quantitative estimate of drug-likeness (QED) is 0.699. The van der Waals surface area contributed by atoms with Crippen LogP contribution in [0.3, 0.4) is 0 Å². The predicted octanol–water partition coefficient (Wildman–Crippen LogP) is 3.17. The molecule has 2 heterocycles. The fraction of sp³-hybridized carbons (Fsp3) is 0.300. The van der Waals surface area contributed by atoms with E-state index in [1.165, 1.54) is 5.56 Å². The SMILES string of the molecule is Cl.NC[C@@H]1CN(Cc2nc3ccc(Cl)cc3c(=O)[nH]2)C[C@H]1c1ccccc1. The molecule has 3 aromatic rings. The summed E-state index contributed by atoms with van der Waals surface area (Å²) < 4.78 is 0. The first-order chi connectivity index (χ1) is 12.6. The molecule has 0 amide bonds. The molecule has 142 valence electrons. The number of nitrogens with two attached hydrogens (primary N) is 1. The third-order valence-corrected chi connectivity index (χ3v) is 5.37. The highest BCUT2D eigenvalue weighted by Gasteiger charge is 2.33. The lowest BCUT2D eigenvalue weighted by atomic mass is 9.89. The minimum atomic E-state index is -0.151. The number of fused-ring (bicyclic) bond motifs is 1. The van der Waals surface area contributed by atoms with Crippen molar-refractivity contribution in [1.29, 1.82) is 0 Å². The smallest absolute Gasteiger partial charge is 0.258 e. The number of rotatable bonds is 4. The second-order valence-electron chi connectivity index (χ2n) is 6.88. The summed E-state index contributed by atoms with van der Waals surface area (Å²) in [7, 11) is 0. The fourth-order valence-corrected chi connectivity index (χ4v) is 4.02. The monoisotopic (exact) mass is 404 g/mol. The molecule has 1 aliphatic rings. The van der Waals surface area contributed by atoms with Crippen LogP contribution in [0.25, 0.3) is 10.9 Å². The summed E-state index contributed by atoms with van der Waals surface area (Å²) in [5.74, 6) is 1.49. The molecule has 0 aliphatic carbocycles. The second kappa shape index (κ2) is 8.40. The van der Waals surface area contributed by atoms with Crippen molar-refractivity contribution in [1.82, 2.24) is 14.9 Å². The number of benzene rings is 2. The van der Waals surface area contributed by atoms with Gasteiger partial charge in [0.15, 0.2) is 0 Å². The topological polar surface area (TPSA) is 75.0 Å². The number of likely N-dealkylation sites (tertiary alicyclic amines) is 1. The van der Waals surface area contributed by atoms with Crippen LogP contribution >= 0.6 is 24.0 Å². The van der Waals surface area contributed by atoms with Crippen molar-refractivity contribution < 1.29 is 0 Å². The fourth-order valence-electron chi connectivity index (χ4n) is 3.85. The van der Waals surface area contributed by atoms with Crippen molar-refractivity contribution in [3.63, 3.8) is 0 Å². The number of aromatic amines is 1. The summed E-state index contributed by atoms with van der Waals surface area (Å²) in [5, 5.41) is 1.05. The molecule has 5 nitrogen and oxygen atoms in total. The molecule has 2 atom stereocenters. The number of nitrogens with one attached hydrogen (secondary N) is 1. The van der Waals surface area contributed by atoms with Gasteiger partial charge in [0, 0.05) is 24.0 Å². The third kappa shape index (κ3) is 4.17. The summed E-state index contributed by atoms with van der Waals surface area (Å²) in [6.45, 7) is 3.07. The lowest BCUT2D eigenvalue weighted by molar-refractivity contribution is 0.309.